The number of phenols is 2. The van der Waals surface area contributed by atoms with Gasteiger partial charge in [0, 0.05) is 49.2 Å². The first-order valence-corrected chi connectivity index (χ1v) is 29.0. The Morgan fingerprint density at radius 2 is 0.881 bits per heavy atom. The average molecular weight is 1000 g/mol. The molecule has 0 aliphatic rings. The molecule has 9 heteroatoms. The molecule has 67 heavy (non-hydrogen) atoms. The molecule has 0 spiro atoms. The Morgan fingerprint density at radius 3 is 1.31 bits per heavy atom. The van der Waals surface area contributed by atoms with Gasteiger partial charge in [-0.2, -0.15) is 0 Å². The third-order valence-corrected chi connectivity index (χ3v) is 12.4. The van der Waals surface area contributed by atoms with Crippen LogP contribution in [-0.4, -0.2) is 32.6 Å². The number of benzene rings is 8. The van der Waals surface area contributed by atoms with Crippen molar-refractivity contribution in [1.82, 2.24) is 9.13 Å². The number of nitrogens with zero attached hydrogens (tertiary/aromatic N) is 2. The Morgan fingerprint density at radius 1 is 0.507 bits per heavy atom. The number of phenolic OH excluding ortho intramolecular Hbond substituents is 2. The summed E-state index contributed by atoms with van der Waals surface area (Å²) in [7, 11) is 9.87. The summed E-state index contributed by atoms with van der Waals surface area (Å²) in [5.74, 6) is 1.77. The quantitative estimate of drug-likeness (QED) is 0.121. The summed E-state index contributed by atoms with van der Waals surface area (Å²) < 4.78 is 17.8. The second kappa shape index (κ2) is 20.1. The number of fused-ring (bicyclic) bond motifs is 6. The Kier molecular flexibility index (Phi) is 13.8. The molecule has 0 saturated heterocycles. The minimum atomic E-state index is -0.826. The minimum absolute atomic E-state index is 0.190. The van der Waals surface area contributed by atoms with Gasteiger partial charge in [-0.1, -0.05) is 136 Å². The number of unbranched alkanes of at least 4 members (excludes halogenated alkanes) is 1. The molecule has 10 rings (SSSR count). The fourth-order valence-electron chi connectivity index (χ4n) is 9.30. The first kappa shape index (κ1) is 46.1. The van der Waals surface area contributed by atoms with E-state index in [9.17, 15) is 10.2 Å². The van der Waals surface area contributed by atoms with Crippen molar-refractivity contribution in [3.05, 3.63) is 181 Å². The van der Waals surface area contributed by atoms with Gasteiger partial charge in [0.25, 0.3) is 0 Å². The molecule has 8 aromatic carbocycles. The summed E-state index contributed by atoms with van der Waals surface area (Å²) in [5.41, 5.74) is 10.5. The molecule has 2 N–H and O–H groups in total. The van der Waals surface area contributed by atoms with Crippen LogP contribution < -0.4 is 9.47 Å². The predicted molar refractivity (Wildman–Crippen MR) is 276 cm³/mol. The summed E-state index contributed by atoms with van der Waals surface area (Å²) in [4.78, 5) is 0. The van der Waals surface area contributed by atoms with Crippen LogP contribution in [0, 0.1) is 12.3 Å². The van der Waals surface area contributed by atoms with Crippen molar-refractivity contribution in [3.63, 3.8) is 0 Å². The van der Waals surface area contributed by atoms with E-state index in [-0.39, 0.29) is 11.5 Å². The Bertz CT molecular complexity index is 3290. The molecule has 10 aromatic rings. The van der Waals surface area contributed by atoms with Crippen LogP contribution >= 0.6 is 17.0 Å². The number of halogens is 2. The first-order chi connectivity index (χ1) is 32.6. The molecule has 2 heterocycles. The number of aryl methyl sites for hydroxylation is 2. The maximum atomic E-state index is 12.4. The van der Waals surface area contributed by atoms with Crippen molar-refractivity contribution >= 4 is 60.6 Å². The van der Waals surface area contributed by atoms with Gasteiger partial charge < -0.3 is 28.8 Å². The van der Waals surface area contributed by atoms with Crippen molar-refractivity contribution in [2.75, 3.05) is 13.2 Å². The van der Waals surface area contributed by atoms with Gasteiger partial charge in [-0.05, 0) is 91.6 Å². The van der Waals surface area contributed by atoms with Crippen molar-refractivity contribution in [1.29, 1.82) is 0 Å². The Hall–Kier alpha value is -5.98. The number of hydrogen-bond acceptors (Lipinski definition) is 4. The van der Waals surface area contributed by atoms with E-state index in [1.165, 1.54) is 0 Å². The van der Waals surface area contributed by atoms with Crippen molar-refractivity contribution < 1.29 is 40.5 Å². The van der Waals surface area contributed by atoms with E-state index in [1.807, 2.05) is 72.8 Å². The third-order valence-electron chi connectivity index (χ3n) is 12.4. The summed E-state index contributed by atoms with van der Waals surface area (Å²) in [6.45, 7) is 9.25. The Labute approximate surface area is 410 Å². The van der Waals surface area contributed by atoms with Crippen molar-refractivity contribution in [2.45, 2.75) is 47.0 Å². The van der Waals surface area contributed by atoms with E-state index in [0.717, 1.165) is 102 Å². The summed E-state index contributed by atoms with van der Waals surface area (Å²) in [5, 5.41) is 29.1. The van der Waals surface area contributed by atoms with Crippen molar-refractivity contribution in [2.24, 2.45) is 5.41 Å². The summed E-state index contributed by atoms with van der Waals surface area (Å²) >= 11 is -0.826. The van der Waals surface area contributed by atoms with Crippen LogP contribution in [0.5, 0.6) is 23.0 Å². The van der Waals surface area contributed by atoms with Gasteiger partial charge in [0.05, 0.1) is 46.7 Å². The molecule has 6 nitrogen and oxygen atoms in total. The zero-order valence-corrected chi connectivity index (χ0v) is 42.0. The number of hydrogen-bond donors (Lipinski definition) is 2. The van der Waals surface area contributed by atoms with Crippen LogP contribution in [0.15, 0.2) is 170 Å². The molecule has 0 unspecified atom stereocenters. The zero-order chi connectivity index (χ0) is 46.7. The van der Waals surface area contributed by atoms with E-state index in [4.69, 9.17) is 26.5 Å². The fraction of sp³-hybridized carbons (Fsp3) is 0.172. The van der Waals surface area contributed by atoms with E-state index in [1.54, 1.807) is 0 Å². The Balaban J connectivity index is 0.00000183. The predicted octanol–water partition coefficient (Wildman–Crippen LogP) is 16.1. The van der Waals surface area contributed by atoms with Gasteiger partial charge in [0.2, 0.25) is 0 Å². The third kappa shape index (κ3) is 9.22. The standard InChI is InChI=1S/C58H52N2O4.2ClH.Zr/c1-5-6-19-39-34-47(57(62)53(35-39)60-50-28-15-9-22-42(50)43-23-10-16-29-51(43)60)45-25-12-18-31-55(45)64-37-58(3,4)36-63-54-30-17-11-24-44(54)46-32-38(2)33-52(56(46)61)59-48-26-13-7-20-40(48)41-21-8-14-27-49(41)59;;;/h7-18,20-35,61-62H,5-6,19,36-37H2,1-4H3;2*1H;/q;;;+2/p-2. The molecule has 2 aromatic heterocycles. The molecule has 0 radical (unpaired) electrons. The van der Waals surface area contributed by atoms with Crippen LogP contribution in [0.2, 0.25) is 0 Å². The molecule has 0 saturated carbocycles. The first-order valence-electron chi connectivity index (χ1n) is 22.7. The van der Waals surface area contributed by atoms with Gasteiger partial charge in [0.1, 0.15) is 23.0 Å². The second-order valence-electron chi connectivity index (χ2n) is 17.8. The van der Waals surface area contributed by atoms with Crippen LogP contribution in [0.1, 0.15) is 44.7 Å². The molecule has 0 fully saturated rings. The number of aromatic hydroxyl groups is 2. The monoisotopic (exact) mass is 1000 g/mol. The topological polar surface area (TPSA) is 68.8 Å². The summed E-state index contributed by atoms with van der Waals surface area (Å²) in [6.07, 6.45) is 3.00. The molecule has 0 bridgehead atoms. The van der Waals surface area contributed by atoms with Gasteiger partial charge in [-0.25, -0.2) is 0 Å². The van der Waals surface area contributed by atoms with Crippen LogP contribution in [0.3, 0.4) is 0 Å². The molecule has 0 aliphatic carbocycles. The average Bonchev–Trinajstić information content (AvgIpc) is 3.86. The van der Waals surface area contributed by atoms with Crippen molar-refractivity contribution in [3.8, 4) is 56.6 Å². The fourth-order valence-corrected chi connectivity index (χ4v) is 9.30. The molecular weight excluding hydrogens is 951 g/mol. The van der Waals surface area contributed by atoms with Gasteiger partial charge in [0.15, 0.2) is 0 Å². The number of para-hydroxylation sites is 6. The zero-order valence-electron chi connectivity index (χ0n) is 38.1. The molecule has 0 aliphatic heterocycles. The molecule has 336 valence electrons. The van der Waals surface area contributed by atoms with E-state index in [0.29, 0.717) is 30.3 Å². The van der Waals surface area contributed by atoms with E-state index in [2.05, 4.69) is 134 Å². The molecular formula is C58H52Cl2N2O4Zr. The molecule has 0 amide bonds. The van der Waals surface area contributed by atoms with Crippen LogP contribution in [0.4, 0.5) is 0 Å². The normalized spacial score (nSPS) is 11.6. The number of rotatable bonds is 13. The maximum absolute atomic E-state index is 12.4. The SMILES string of the molecule is CCCCc1cc(-c2ccccc2OCC(C)(C)COc2ccccc2-c2cc(C)cc(-n3c4ccccc4c4ccccc43)c2O)c(O)c(-n2c3ccccc3c3ccccc32)c1.[Cl][Zr][Cl]. The van der Waals surface area contributed by atoms with E-state index >= 15 is 0 Å². The van der Waals surface area contributed by atoms with Crippen LogP contribution in [-0.2, 0) is 27.3 Å². The van der Waals surface area contributed by atoms with E-state index < -0.39 is 26.3 Å². The van der Waals surface area contributed by atoms with Crippen LogP contribution in [0.25, 0.3) is 77.2 Å². The summed E-state index contributed by atoms with van der Waals surface area (Å²) in [6, 6.07) is 57.7. The van der Waals surface area contributed by atoms with Gasteiger partial charge in [-0.15, -0.1) is 0 Å². The molecule has 0 atom stereocenters. The van der Waals surface area contributed by atoms with Gasteiger partial charge >= 0.3 is 37.9 Å². The van der Waals surface area contributed by atoms with Gasteiger partial charge in [-0.3, -0.25) is 0 Å². The number of aromatic nitrogens is 2. The second-order valence-corrected chi connectivity index (χ2v) is 21.6. The number of ether oxygens (including phenoxy) is 2.